The molecule has 0 aromatic heterocycles. The van der Waals surface area contributed by atoms with E-state index >= 15 is 0 Å². The lowest BCUT2D eigenvalue weighted by Gasteiger charge is -2.44. The Balaban J connectivity index is 1.32. The molecule has 5 rings (SSSR count). The molecule has 3 amide bonds. The quantitative estimate of drug-likeness (QED) is 0.720. The number of nitrogens with zero attached hydrogens (tertiary/aromatic N) is 2. The van der Waals surface area contributed by atoms with Gasteiger partial charge in [0.15, 0.2) is 0 Å². The second-order valence-electron chi connectivity index (χ2n) is 9.13. The molecule has 3 aliphatic heterocycles. The van der Waals surface area contributed by atoms with E-state index in [-0.39, 0.29) is 24.1 Å². The number of hydrogen-bond acceptors (Lipinski definition) is 5. The lowest BCUT2D eigenvalue weighted by Crippen LogP contribution is -2.52. The number of rotatable bonds is 5. The molecule has 160 valence electrons. The zero-order chi connectivity index (χ0) is 20.7. The van der Waals surface area contributed by atoms with Gasteiger partial charge in [-0.05, 0) is 62.4 Å². The summed E-state index contributed by atoms with van der Waals surface area (Å²) in [6.45, 7) is 3.56. The maximum absolute atomic E-state index is 12.9. The maximum atomic E-state index is 12.9. The smallest absolute Gasteiger partial charge is 0.255 e. The van der Waals surface area contributed by atoms with Crippen LogP contribution in [-0.4, -0.2) is 58.7 Å². The van der Waals surface area contributed by atoms with E-state index in [9.17, 15) is 14.4 Å². The first kappa shape index (κ1) is 19.7. The van der Waals surface area contributed by atoms with E-state index in [1.54, 1.807) is 4.90 Å². The van der Waals surface area contributed by atoms with Gasteiger partial charge in [-0.3, -0.25) is 24.6 Å². The Hall–Kier alpha value is -2.25. The number of imide groups is 1. The van der Waals surface area contributed by atoms with Crippen molar-refractivity contribution >= 4 is 17.7 Å². The van der Waals surface area contributed by atoms with Crippen molar-refractivity contribution in [2.45, 2.75) is 76.2 Å². The van der Waals surface area contributed by atoms with Crippen molar-refractivity contribution in [3.05, 3.63) is 34.9 Å². The standard InChI is InChI=1S/C23H30N4O3/c28-21-7-6-20(22(29)25-21)27-14-16-12-15(4-5-19(16)23(27)30)13-26(17-2-1-3-17)18-8-10-24-11-9-18/h4-5,12,17-18,20,24H,1-3,6-11,13-14H2,(H,25,28,29). The van der Waals surface area contributed by atoms with Crippen molar-refractivity contribution in [1.29, 1.82) is 0 Å². The zero-order valence-electron chi connectivity index (χ0n) is 17.4. The second-order valence-corrected chi connectivity index (χ2v) is 9.13. The van der Waals surface area contributed by atoms with Crippen LogP contribution in [0.4, 0.5) is 0 Å². The summed E-state index contributed by atoms with van der Waals surface area (Å²) < 4.78 is 0. The largest absolute Gasteiger partial charge is 0.322 e. The number of fused-ring (bicyclic) bond motifs is 1. The molecule has 30 heavy (non-hydrogen) atoms. The molecular weight excluding hydrogens is 380 g/mol. The highest BCUT2D eigenvalue weighted by atomic mass is 16.2. The topological polar surface area (TPSA) is 81.8 Å². The van der Waals surface area contributed by atoms with Crippen LogP contribution in [0.15, 0.2) is 18.2 Å². The third kappa shape index (κ3) is 3.65. The summed E-state index contributed by atoms with van der Waals surface area (Å²) in [7, 11) is 0. The fourth-order valence-corrected chi connectivity index (χ4v) is 5.35. The number of benzene rings is 1. The fourth-order valence-electron chi connectivity index (χ4n) is 5.35. The van der Waals surface area contributed by atoms with Crippen LogP contribution >= 0.6 is 0 Å². The Bertz CT molecular complexity index is 860. The Labute approximate surface area is 177 Å². The van der Waals surface area contributed by atoms with Gasteiger partial charge >= 0.3 is 0 Å². The number of piperidine rings is 2. The van der Waals surface area contributed by atoms with Gasteiger partial charge in [-0.1, -0.05) is 18.6 Å². The molecule has 1 aliphatic carbocycles. The van der Waals surface area contributed by atoms with Gasteiger partial charge in [0, 0.05) is 37.2 Å². The van der Waals surface area contributed by atoms with E-state index in [1.807, 2.05) is 6.07 Å². The number of carbonyl (C=O) groups excluding carboxylic acids is 3. The summed E-state index contributed by atoms with van der Waals surface area (Å²) in [6.07, 6.45) is 6.99. The van der Waals surface area contributed by atoms with Gasteiger partial charge < -0.3 is 10.2 Å². The van der Waals surface area contributed by atoms with E-state index in [1.165, 1.54) is 37.7 Å². The van der Waals surface area contributed by atoms with Gasteiger partial charge in [-0.2, -0.15) is 0 Å². The predicted octanol–water partition coefficient (Wildman–Crippen LogP) is 1.55. The molecule has 7 nitrogen and oxygen atoms in total. The Morgan fingerprint density at radius 1 is 1.00 bits per heavy atom. The van der Waals surface area contributed by atoms with Crippen LogP contribution in [0.3, 0.4) is 0 Å². The molecule has 7 heteroatoms. The lowest BCUT2D eigenvalue weighted by atomic mass is 9.88. The van der Waals surface area contributed by atoms with Crippen molar-refractivity contribution in [2.24, 2.45) is 0 Å². The van der Waals surface area contributed by atoms with E-state index in [2.05, 4.69) is 27.7 Å². The normalized spacial score (nSPS) is 25.4. The third-order valence-electron chi connectivity index (χ3n) is 7.27. The van der Waals surface area contributed by atoms with E-state index < -0.39 is 6.04 Å². The van der Waals surface area contributed by atoms with Crippen molar-refractivity contribution < 1.29 is 14.4 Å². The molecule has 1 unspecified atom stereocenters. The molecular formula is C23H30N4O3. The molecule has 0 spiro atoms. The molecule has 3 fully saturated rings. The molecule has 0 radical (unpaired) electrons. The van der Waals surface area contributed by atoms with Gasteiger partial charge in [-0.25, -0.2) is 0 Å². The van der Waals surface area contributed by atoms with E-state index in [0.717, 1.165) is 25.2 Å². The molecule has 4 aliphatic rings. The number of amides is 3. The molecule has 1 saturated carbocycles. The van der Waals surface area contributed by atoms with Crippen molar-refractivity contribution in [3.63, 3.8) is 0 Å². The molecule has 2 saturated heterocycles. The molecule has 1 aromatic carbocycles. The van der Waals surface area contributed by atoms with Crippen LogP contribution < -0.4 is 10.6 Å². The van der Waals surface area contributed by atoms with Gasteiger partial charge in [0.2, 0.25) is 11.8 Å². The molecule has 3 heterocycles. The summed E-state index contributed by atoms with van der Waals surface area (Å²) in [6, 6.07) is 6.94. The van der Waals surface area contributed by atoms with Crippen LogP contribution in [0.5, 0.6) is 0 Å². The highest BCUT2D eigenvalue weighted by Gasteiger charge is 2.39. The first-order valence-electron chi connectivity index (χ1n) is 11.3. The van der Waals surface area contributed by atoms with E-state index in [4.69, 9.17) is 0 Å². The average Bonchev–Trinajstić information content (AvgIpc) is 3.02. The van der Waals surface area contributed by atoms with Crippen LogP contribution in [-0.2, 0) is 22.7 Å². The van der Waals surface area contributed by atoms with Crippen LogP contribution in [0.1, 0.15) is 66.4 Å². The highest BCUT2D eigenvalue weighted by molar-refractivity contribution is 6.05. The van der Waals surface area contributed by atoms with Gasteiger partial charge in [0.25, 0.3) is 5.91 Å². The second kappa shape index (κ2) is 8.12. The SMILES string of the molecule is O=C1CCC(N2Cc3cc(CN(C4CCC4)C4CCNCC4)ccc3C2=O)C(=O)N1. The first-order valence-corrected chi connectivity index (χ1v) is 11.3. The lowest BCUT2D eigenvalue weighted by molar-refractivity contribution is -0.136. The zero-order valence-corrected chi connectivity index (χ0v) is 17.4. The van der Waals surface area contributed by atoms with Crippen LogP contribution in [0.2, 0.25) is 0 Å². The third-order valence-corrected chi connectivity index (χ3v) is 7.27. The Morgan fingerprint density at radius 2 is 1.77 bits per heavy atom. The summed E-state index contributed by atoms with van der Waals surface area (Å²) in [5.41, 5.74) is 2.94. The van der Waals surface area contributed by atoms with Crippen molar-refractivity contribution in [3.8, 4) is 0 Å². The summed E-state index contributed by atoms with van der Waals surface area (Å²) in [5, 5.41) is 5.84. The van der Waals surface area contributed by atoms with Crippen LogP contribution in [0, 0.1) is 0 Å². The predicted molar refractivity (Wildman–Crippen MR) is 112 cm³/mol. The van der Waals surface area contributed by atoms with Gasteiger partial charge in [-0.15, -0.1) is 0 Å². The monoisotopic (exact) mass is 410 g/mol. The average molecular weight is 411 g/mol. The van der Waals surface area contributed by atoms with Crippen molar-refractivity contribution in [2.75, 3.05) is 13.1 Å². The fraction of sp³-hybridized carbons (Fsp3) is 0.609. The molecule has 1 aromatic rings. The Kier molecular flexibility index (Phi) is 5.33. The Morgan fingerprint density at radius 3 is 2.47 bits per heavy atom. The van der Waals surface area contributed by atoms with Crippen molar-refractivity contribution in [1.82, 2.24) is 20.4 Å². The summed E-state index contributed by atoms with van der Waals surface area (Å²) in [4.78, 5) is 40.9. The number of carbonyl (C=O) groups is 3. The molecule has 2 N–H and O–H groups in total. The number of hydrogen-bond donors (Lipinski definition) is 2. The minimum atomic E-state index is -0.549. The molecule has 1 atom stereocenters. The first-order chi connectivity index (χ1) is 14.6. The van der Waals surface area contributed by atoms with Gasteiger partial charge in [0.05, 0.1) is 0 Å². The molecule has 0 bridgehead atoms. The van der Waals surface area contributed by atoms with Gasteiger partial charge in [0.1, 0.15) is 6.04 Å². The minimum Gasteiger partial charge on any atom is -0.322 e. The van der Waals surface area contributed by atoms with E-state index in [0.29, 0.717) is 30.6 Å². The van der Waals surface area contributed by atoms with Crippen LogP contribution in [0.25, 0.3) is 0 Å². The maximum Gasteiger partial charge on any atom is 0.255 e. The number of nitrogens with one attached hydrogen (secondary N) is 2. The summed E-state index contributed by atoms with van der Waals surface area (Å²) >= 11 is 0. The summed E-state index contributed by atoms with van der Waals surface area (Å²) in [5.74, 6) is -0.702. The minimum absolute atomic E-state index is 0.0970. The highest BCUT2D eigenvalue weighted by Crippen LogP contribution is 2.32.